The number of aliphatic hydroxyl groups is 1. The Hall–Kier alpha value is -1.09. The van der Waals surface area contributed by atoms with Gasteiger partial charge in [0.25, 0.3) is 0 Å². The van der Waals surface area contributed by atoms with E-state index in [-0.39, 0.29) is 6.42 Å². The van der Waals surface area contributed by atoms with Gasteiger partial charge in [0.2, 0.25) is 0 Å². The fraction of sp³-hybridized carbons (Fsp3) is 0.286. The van der Waals surface area contributed by atoms with Crippen LogP contribution in [0.4, 0.5) is 0 Å². The van der Waals surface area contributed by atoms with Crippen molar-refractivity contribution in [2.45, 2.75) is 12.5 Å². The average Bonchev–Trinajstić information content (AvgIpc) is 1.89. The molecule has 1 N–H and O–H groups in total. The molecule has 0 spiro atoms. The van der Waals surface area contributed by atoms with E-state index in [1.54, 1.807) is 0 Å². The molecule has 3 nitrogen and oxygen atoms in total. The summed E-state index contributed by atoms with van der Waals surface area (Å²) >= 11 is 0. The number of hydrogen-bond donors (Lipinski definition) is 1. The number of aliphatic hydroxyl groups excluding tert-OH is 1. The molecule has 0 aliphatic heterocycles. The Morgan fingerprint density at radius 2 is 2.30 bits per heavy atom. The molecule has 3 heteroatoms. The molecule has 0 bridgehead atoms. The van der Waals surface area contributed by atoms with Crippen molar-refractivity contribution in [3.63, 3.8) is 0 Å². The number of hydrogen-bond acceptors (Lipinski definition) is 3. The summed E-state index contributed by atoms with van der Waals surface area (Å²) in [6.45, 7) is 6.51. The van der Waals surface area contributed by atoms with Crippen LogP contribution < -0.4 is 0 Å². The van der Waals surface area contributed by atoms with Crippen LogP contribution in [0.2, 0.25) is 0 Å². The zero-order valence-electron chi connectivity index (χ0n) is 5.62. The average molecular weight is 142 g/mol. The van der Waals surface area contributed by atoms with E-state index in [0.29, 0.717) is 0 Å². The van der Waals surface area contributed by atoms with Gasteiger partial charge in [0.15, 0.2) is 6.10 Å². The maximum absolute atomic E-state index is 10.5. The highest BCUT2D eigenvalue weighted by Crippen LogP contribution is 1.94. The number of carbonyl (C=O) groups excluding carboxylic acids is 1. The van der Waals surface area contributed by atoms with Crippen LogP contribution in [0.15, 0.2) is 25.5 Å². The lowest BCUT2D eigenvalue weighted by atomic mass is 10.2. The van der Waals surface area contributed by atoms with E-state index in [1.807, 2.05) is 0 Å². The minimum Gasteiger partial charge on any atom is -0.433 e. The zero-order valence-corrected chi connectivity index (χ0v) is 5.62. The van der Waals surface area contributed by atoms with Crippen molar-refractivity contribution in [1.82, 2.24) is 0 Å². The molecule has 0 rings (SSSR count). The highest BCUT2D eigenvalue weighted by Gasteiger charge is 2.12. The van der Waals surface area contributed by atoms with Gasteiger partial charge in [0.05, 0.1) is 6.26 Å². The van der Waals surface area contributed by atoms with E-state index in [2.05, 4.69) is 17.9 Å². The number of ether oxygens (including phenoxy) is 1. The van der Waals surface area contributed by atoms with Crippen molar-refractivity contribution < 1.29 is 14.6 Å². The fourth-order valence-electron chi connectivity index (χ4n) is 0.415. The van der Waals surface area contributed by atoms with Crippen molar-refractivity contribution in [2.24, 2.45) is 0 Å². The second-order valence-electron chi connectivity index (χ2n) is 1.64. The fourth-order valence-corrected chi connectivity index (χ4v) is 0.415. The molecule has 56 valence electrons. The summed E-state index contributed by atoms with van der Waals surface area (Å²) in [6.07, 6.45) is 1.51. The Balaban J connectivity index is 3.68. The normalized spacial score (nSPS) is 11.7. The Kier molecular flexibility index (Phi) is 4.24. The van der Waals surface area contributed by atoms with Crippen molar-refractivity contribution in [3.05, 3.63) is 25.5 Å². The van der Waals surface area contributed by atoms with Crippen molar-refractivity contribution in [1.29, 1.82) is 0 Å². The summed E-state index contributed by atoms with van der Waals surface area (Å²) < 4.78 is 4.28. The van der Waals surface area contributed by atoms with E-state index < -0.39 is 12.1 Å². The summed E-state index contributed by atoms with van der Waals surface area (Å²) in [7, 11) is 0. The second kappa shape index (κ2) is 4.76. The van der Waals surface area contributed by atoms with E-state index >= 15 is 0 Å². The van der Waals surface area contributed by atoms with Crippen LogP contribution >= 0.6 is 0 Å². The highest BCUT2D eigenvalue weighted by molar-refractivity contribution is 5.75. The molecule has 0 saturated carbocycles. The minimum atomic E-state index is -1.12. The first kappa shape index (κ1) is 8.91. The third kappa shape index (κ3) is 3.04. The van der Waals surface area contributed by atoms with Gasteiger partial charge in [0, 0.05) is 6.42 Å². The Bertz CT molecular complexity index is 140. The molecule has 0 amide bonds. The van der Waals surface area contributed by atoms with Gasteiger partial charge >= 0.3 is 5.97 Å². The molecule has 0 aromatic rings. The summed E-state index contributed by atoms with van der Waals surface area (Å²) in [4.78, 5) is 10.5. The first-order valence-corrected chi connectivity index (χ1v) is 2.82. The molecule has 0 aliphatic rings. The minimum absolute atomic E-state index is 0.201. The second-order valence-corrected chi connectivity index (χ2v) is 1.64. The molecule has 0 aromatic heterocycles. The van der Waals surface area contributed by atoms with Gasteiger partial charge in [-0.15, -0.1) is 6.58 Å². The molecule has 0 aromatic carbocycles. The highest BCUT2D eigenvalue weighted by atomic mass is 16.5. The molecule has 1 atom stereocenters. The standard InChI is InChI=1S/C7H10O3/c1-3-5-6(8)7(9)10-4-2/h3-4,6,8H,1-2,5H2. The van der Waals surface area contributed by atoms with Gasteiger partial charge in [-0.05, 0) is 0 Å². The molecule has 1 unspecified atom stereocenters. The monoisotopic (exact) mass is 142 g/mol. The SMILES string of the molecule is C=CCC(O)C(=O)OC=C. The predicted octanol–water partition coefficient (Wildman–Crippen LogP) is 0.610. The summed E-state index contributed by atoms with van der Waals surface area (Å²) in [5.41, 5.74) is 0. The molecule has 0 saturated heterocycles. The molecule has 0 fully saturated rings. The van der Waals surface area contributed by atoms with Crippen LogP contribution in [-0.4, -0.2) is 17.2 Å². The lowest BCUT2D eigenvalue weighted by Crippen LogP contribution is -2.20. The molecule has 10 heavy (non-hydrogen) atoms. The lowest BCUT2D eigenvalue weighted by Gasteiger charge is -2.03. The van der Waals surface area contributed by atoms with Gasteiger partial charge in [-0.2, -0.15) is 0 Å². The number of esters is 1. The topological polar surface area (TPSA) is 46.5 Å². The molecular formula is C7H10O3. The van der Waals surface area contributed by atoms with Gasteiger partial charge in [-0.3, -0.25) is 0 Å². The molecule has 0 radical (unpaired) electrons. The summed E-state index contributed by atoms with van der Waals surface area (Å²) in [6, 6.07) is 0. The van der Waals surface area contributed by atoms with E-state index in [4.69, 9.17) is 5.11 Å². The van der Waals surface area contributed by atoms with Gasteiger partial charge in [-0.25, -0.2) is 4.79 Å². The van der Waals surface area contributed by atoms with Gasteiger partial charge < -0.3 is 9.84 Å². The van der Waals surface area contributed by atoms with Gasteiger partial charge in [-0.1, -0.05) is 12.7 Å². The summed E-state index contributed by atoms with van der Waals surface area (Å²) in [5.74, 6) is -0.699. The number of carbonyl (C=O) groups is 1. The molecule has 0 heterocycles. The van der Waals surface area contributed by atoms with Crippen LogP contribution in [-0.2, 0) is 9.53 Å². The Morgan fingerprint density at radius 1 is 1.70 bits per heavy atom. The third-order valence-electron chi connectivity index (χ3n) is 0.861. The summed E-state index contributed by atoms with van der Waals surface area (Å²) in [5, 5.41) is 8.86. The van der Waals surface area contributed by atoms with Crippen molar-refractivity contribution >= 4 is 5.97 Å². The predicted molar refractivity (Wildman–Crippen MR) is 37.1 cm³/mol. The Labute approximate surface area is 59.6 Å². The maximum Gasteiger partial charge on any atom is 0.340 e. The van der Waals surface area contributed by atoms with Crippen molar-refractivity contribution in [2.75, 3.05) is 0 Å². The smallest absolute Gasteiger partial charge is 0.340 e. The van der Waals surface area contributed by atoms with Gasteiger partial charge in [0.1, 0.15) is 0 Å². The lowest BCUT2D eigenvalue weighted by molar-refractivity contribution is -0.147. The van der Waals surface area contributed by atoms with Crippen molar-refractivity contribution in [3.8, 4) is 0 Å². The molecular weight excluding hydrogens is 132 g/mol. The van der Waals surface area contributed by atoms with E-state index in [0.717, 1.165) is 6.26 Å². The number of rotatable bonds is 4. The van der Waals surface area contributed by atoms with Crippen LogP contribution in [0.5, 0.6) is 0 Å². The van der Waals surface area contributed by atoms with Crippen LogP contribution in [0.3, 0.4) is 0 Å². The maximum atomic E-state index is 10.5. The quantitative estimate of drug-likeness (QED) is 0.355. The Morgan fingerprint density at radius 3 is 2.70 bits per heavy atom. The van der Waals surface area contributed by atoms with E-state index in [1.165, 1.54) is 6.08 Å². The van der Waals surface area contributed by atoms with E-state index in [9.17, 15) is 4.79 Å². The third-order valence-corrected chi connectivity index (χ3v) is 0.861. The van der Waals surface area contributed by atoms with Crippen LogP contribution in [0.1, 0.15) is 6.42 Å². The first-order chi connectivity index (χ1) is 4.72. The largest absolute Gasteiger partial charge is 0.433 e. The zero-order chi connectivity index (χ0) is 7.98. The first-order valence-electron chi connectivity index (χ1n) is 2.82. The van der Waals surface area contributed by atoms with Crippen LogP contribution in [0, 0.1) is 0 Å². The molecule has 0 aliphatic carbocycles. The van der Waals surface area contributed by atoms with Crippen LogP contribution in [0.25, 0.3) is 0 Å².